The largest absolute Gasteiger partial charge is 0.496 e. The minimum atomic E-state index is -1.34. The van der Waals surface area contributed by atoms with Gasteiger partial charge in [0.1, 0.15) is 23.6 Å². The van der Waals surface area contributed by atoms with Crippen LogP contribution in [-0.4, -0.2) is 67.2 Å². The highest BCUT2D eigenvalue weighted by molar-refractivity contribution is 6.01. The second-order valence-corrected chi connectivity index (χ2v) is 10.3. The number of ether oxygens (including phenoxy) is 2. The van der Waals surface area contributed by atoms with Crippen molar-refractivity contribution in [3.05, 3.63) is 30.0 Å². The third-order valence-electron chi connectivity index (χ3n) is 6.69. The molecule has 4 amide bonds. The molecule has 1 fully saturated rings. The standard InChI is InChI=1S/C28H38N6O6/c1-5-10-31-28(38)40-24(15-29)20(13-17-9-11-30-25(17)35)33-26(36)21(12-16(2)3)34-27(37)22-14-18-19(32-22)7-6-8-23(18)39-4/h6-8,14,16-17,20-21,24,32H,5,9-13H2,1-4H3,(H,30,35)(H,31,38)(H,33,36)(H,34,37)/t17-,20-,21?,24?/m0/s1. The molecule has 1 aliphatic heterocycles. The Hall–Kier alpha value is -4.27. The fraction of sp³-hybridized carbons (Fsp3) is 0.536. The maximum Gasteiger partial charge on any atom is 0.408 e. The van der Waals surface area contributed by atoms with Gasteiger partial charge in [0.25, 0.3) is 5.91 Å². The molecule has 0 saturated carbocycles. The number of rotatable bonds is 13. The van der Waals surface area contributed by atoms with E-state index in [-0.39, 0.29) is 23.9 Å². The van der Waals surface area contributed by atoms with E-state index in [2.05, 4.69) is 26.3 Å². The van der Waals surface area contributed by atoms with Crippen molar-refractivity contribution in [2.24, 2.45) is 11.8 Å². The second-order valence-electron chi connectivity index (χ2n) is 10.3. The van der Waals surface area contributed by atoms with Crippen molar-refractivity contribution < 1.29 is 28.7 Å². The van der Waals surface area contributed by atoms with Crippen LogP contribution in [0.1, 0.15) is 56.9 Å². The van der Waals surface area contributed by atoms with E-state index in [0.717, 1.165) is 5.39 Å². The van der Waals surface area contributed by atoms with E-state index < -0.39 is 42.0 Å². The lowest BCUT2D eigenvalue weighted by atomic mass is 9.94. The number of nitrogens with zero attached hydrogens (tertiary/aromatic N) is 1. The van der Waals surface area contributed by atoms with Gasteiger partial charge in [0.05, 0.1) is 13.2 Å². The molecule has 5 N–H and O–H groups in total. The van der Waals surface area contributed by atoms with Crippen LogP contribution in [0.3, 0.4) is 0 Å². The van der Waals surface area contributed by atoms with Gasteiger partial charge in [-0.25, -0.2) is 4.79 Å². The molecule has 0 aliphatic carbocycles. The Morgan fingerprint density at radius 1 is 1.23 bits per heavy atom. The van der Waals surface area contributed by atoms with Crippen LogP contribution in [0.2, 0.25) is 0 Å². The molecule has 1 aliphatic rings. The molecular formula is C28H38N6O6. The zero-order valence-electron chi connectivity index (χ0n) is 23.3. The van der Waals surface area contributed by atoms with E-state index in [1.165, 1.54) is 0 Å². The van der Waals surface area contributed by atoms with Crippen LogP contribution in [-0.2, 0) is 14.3 Å². The van der Waals surface area contributed by atoms with Gasteiger partial charge in [-0.05, 0) is 49.8 Å². The summed E-state index contributed by atoms with van der Waals surface area (Å²) in [5.74, 6) is -1.03. The van der Waals surface area contributed by atoms with Gasteiger partial charge in [-0.2, -0.15) is 5.26 Å². The number of methoxy groups -OCH3 is 1. The van der Waals surface area contributed by atoms with E-state index in [0.29, 0.717) is 43.6 Å². The number of carbonyl (C=O) groups excluding carboxylic acids is 4. The van der Waals surface area contributed by atoms with E-state index in [4.69, 9.17) is 9.47 Å². The smallest absolute Gasteiger partial charge is 0.408 e. The van der Waals surface area contributed by atoms with Crippen LogP contribution in [0.4, 0.5) is 4.79 Å². The fourth-order valence-electron chi connectivity index (χ4n) is 4.67. The number of nitriles is 1. The van der Waals surface area contributed by atoms with E-state index >= 15 is 0 Å². The second kappa shape index (κ2) is 14.2. The summed E-state index contributed by atoms with van der Waals surface area (Å²) in [6.07, 6.45) is -0.514. The summed E-state index contributed by atoms with van der Waals surface area (Å²) < 4.78 is 10.7. The van der Waals surface area contributed by atoms with Crippen molar-refractivity contribution in [3.8, 4) is 11.8 Å². The average Bonchev–Trinajstić information content (AvgIpc) is 3.55. The topological polar surface area (TPSA) is 174 Å². The third-order valence-corrected chi connectivity index (χ3v) is 6.69. The highest BCUT2D eigenvalue weighted by Crippen LogP contribution is 2.26. The molecule has 3 rings (SSSR count). The Bertz CT molecular complexity index is 1250. The Labute approximate surface area is 233 Å². The molecule has 1 aromatic heterocycles. The molecule has 4 atom stereocenters. The molecule has 40 heavy (non-hydrogen) atoms. The van der Waals surface area contributed by atoms with Crippen molar-refractivity contribution in [1.82, 2.24) is 26.3 Å². The summed E-state index contributed by atoms with van der Waals surface area (Å²) in [7, 11) is 1.54. The Morgan fingerprint density at radius 2 is 2.00 bits per heavy atom. The number of hydrogen-bond acceptors (Lipinski definition) is 7. The average molecular weight is 555 g/mol. The first-order valence-corrected chi connectivity index (χ1v) is 13.6. The van der Waals surface area contributed by atoms with Crippen LogP contribution < -0.4 is 26.0 Å². The minimum Gasteiger partial charge on any atom is -0.496 e. The van der Waals surface area contributed by atoms with Crippen LogP contribution in [0.15, 0.2) is 24.3 Å². The Morgan fingerprint density at radius 3 is 2.62 bits per heavy atom. The lowest BCUT2D eigenvalue weighted by Crippen LogP contribution is -2.54. The molecule has 12 heteroatoms. The van der Waals surface area contributed by atoms with Crippen molar-refractivity contribution in [3.63, 3.8) is 0 Å². The summed E-state index contributed by atoms with van der Waals surface area (Å²) in [6.45, 7) is 6.56. The maximum absolute atomic E-state index is 13.5. The van der Waals surface area contributed by atoms with E-state index in [9.17, 15) is 24.4 Å². The van der Waals surface area contributed by atoms with Gasteiger partial charge in [0.2, 0.25) is 17.9 Å². The molecule has 1 aromatic carbocycles. The van der Waals surface area contributed by atoms with Gasteiger partial charge < -0.3 is 35.7 Å². The fourth-order valence-corrected chi connectivity index (χ4v) is 4.67. The molecule has 2 unspecified atom stereocenters. The van der Waals surface area contributed by atoms with Gasteiger partial charge in [-0.1, -0.05) is 26.8 Å². The molecule has 12 nitrogen and oxygen atoms in total. The molecule has 0 spiro atoms. The van der Waals surface area contributed by atoms with Gasteiger partial charge >= 0.3 is 6.09 Å². The summed E-state index contributed by atoms with van der Waals surface area (Å²) in [6, 6.07) is 7.08. The number of H-pyrrole nitrogens is 1. The quantitative estimate of drug-likeness (QED) is 0.253. The van der Waals surface area contributed by atoms with E-state index in [1.54, 1.807) is 25.3 Å². The number of benzene rings is 1. The summed E-state index contributed by atoms with van der Waals surface area (Å²) in [4.78, 5) is 54.3. The number of hydrogen-bond donors (Lipinski definition) is 5. The first-order chi connectivity index (χ1) is 19.2. The SMILES string of the molecule is CCCNC(=O)OC(C#N)[C@H](C[C@@H]1CCNC1=O)NC(=O)C(CC(C)C)NC(=O)c1cc2c(OC)cccc2[nH]1. The first kappa shape index (κ1) is 30.3. The molecule has 1 saturated heterocycles. The highest BCUT2D eigenvalue weighted by atomic mass is 16.6. The molecular weight excluding hydrogens is 516 g/mol. The van der Waals surface area contributed by atoms with Crippen molar-refractivity contribution in [2.75, 3.05) is 20.2 Å². The van der Waals surface area contributed by atoms with Crippen LogP contribution in [0.5, 0.6) is 5.75 Å². The Balaban J connectivity index is 1.80. The summed E-state index contributed by atoms with van der Waals surface area (Å²) >= 11 is 0. The third kappa shape index (κ3) is 7.88. The molecule has 216 valence electrons. The number of fused-ring (bicyclic) bond motifs is 1. The van der Waals surface area contributed by atoms with Gasteiger partial charge in [-0.3, -0.25) is 14.4 Å². The summed E-state index contributed by atoms with van der Waals surface area (Å²) in [5.41, 5.74) is 0.964. The normalized spacial score (nSPS) is 16.9. The van der Waals surface area contributed by atoms with Gasteiger partial charge in [-0.15, -0.1) is 0 Å². The molecule has 0 bridgehead atoms. The Kier molecular flexibility index (Phi) is 10.8. The lowest BCUT2D eigenvalue weighted by molar-refractivity contribution is -0.126. The lowest BCUT2D eigenvalue weighted by Gasteiger charge is -2.28. The maximum atomic E-state index is 13.5. The first-order valence-electron chi connectivity index (χ1n) is 13.6. The number of nitrogens with one attached hydrogen (secondary N) is 5. The predicted octanol–water partition coefficient (Wildman–Crippen LogP) is 2.36. The molecule has 2 heterocycles. The zero-order valence-corrected chi connectivity index (χ0v) is 23.3. The summed E-state index contributed by atoms with van der Waals surface area (Å²) in [5, 5.41) is 21.4. The van der Waals surface area contributed by atoms with Gasteiger partial charge in [0.15, 0.2) is 0 Å². The van der Waals surface area contributed by atoms with Crippen LogP contribution in [0.25, 0.3) is 10.9 Å². The minimum absolute atomic E-state index is 0.0424. The van der Waals surface area contributed by atoms with Crippen molar-refractivity contribution in [2.45, 2.75) is 64.6 Å². The molecule has 2 aromatic rings. The van der Waals surface area contributed by atoms with Gasteiger partial charge in [0, 0.05) is 29.9 Å². The van der Waals surface area contributed by atoms with Crippen molar-refractivity contribution >= 4 is 34.7 Å². The molecule has 0 radical (unpaired) electrons. The number of aromatic amines is 1. The zero-order chi connectivity index (χ0) is 29.2. The number of carbonyl (C=O) groups is 4. The van der Waals surface area contributed by atoms with Crippen LogP contribution in [0, 0.1) is 23.2 Å². The number of amides is 4. The van der Waals surface area contributed by atoms with E-state index in [1.807, 2.05) is 32.9 Å². The van der Waals surface area contributed by atoms with Crippen LogP contribution >= 0.6 is 0 Å². The number of aromatic nitrogens is 1. The van der Waals surface area contributed by atoms with Crippen molar-refractivity contribution in [1.29, 1.82) is 5.26 Å². The predicted molar refractivity (Wildman–Crippen MR) is 147 cm³/mol. The number of alkyl carbamates (subject to hydrolysis) is 1. The monoisotopic (exact) mass is 554 g/mol. The highest BCUT2D eigenvalue weighted by Gasteiger charge is 2.36.